The SMILES string of the molecule is CCC1C(=O)NC(C(C)C)C(=O)N1CC. The topological polar surface area (TPSA) is 49.4 Å². The van der Waals surface area contributed by atoms with E-state index in [1.54, 1.807) is 4.90 Å². The molecule has 86 valence electrons. The number of carbonyl (C=O) groups is 2. The number of nitrogens with zero attached hydrogens (tertiary/aromatic N) is 1. The van der Waals surface area contributed by atoms with Gasteiger partial charge >= 0.3 is 0 Å². The van der Waals surface area contributed by atoms with Crippen molar-refractivity contribution < 1.29 is 9.59 Å². The first-order chi connectivity index (χ1) is 7.02. The maximum Gasteiger partial charge on any atom is 0.246 e. The molecule has 0 aromatic heterocycles. The number of likely N-dealkylation sites (N-methyl/N-ethyl adjacent to an activating group) is 1. The normalized spacial score (nSPS) is 27.1. The fraction of sp³-hybridized carbons (Fsp3) is 0.818. The molecule has 2 unspecified atom stereocenters. The average molecular weight is 212 g/mol. The van der Waals surface area contributed by atoms with Crippen molar-refractivity contribution in [1.29, 1.82) is 0 Å². The summed E-state index contributed by atoms with van der Waals surface area (Å²) in [4.78, 5) is 25.5. The zero-order valence-corrected chi connectivity index (χ0v) is 9.91. The molecule has 1 aliphatic heterocycles. The molecule has 1 rings (SSSR count). The third-order valence-electron chi connectivity index (χ3n) is 2.92. The number of amides is 2. The molecule has 4 nitrogen and oxygen atoms in total. The first-order valence-corrected chi connectivity index (χ1v) is 5.63. The summed E-state index contributed by atoms with van der Waals surface area (Å²) in [6.45, 7) is 8.34. The fourth-order valence-electron chi connectivity index (χ4n) is 2.02. The summed E-state index contributed by atoms with van der Waals surface area (Å²) in [6.07, 6.45) is 0.677. The predicted molar refractivity (Wildman–Crippen MR) is 58.2 cm³/mol. The van der Waals surface area contributed by atoms with Gasteiger partial charge in [0.05, 0.1) is 0 Å². The third-order valence-corrected chi connectivity index (χ3v) is 2.92. The van der Waals surface area contributed by atoms with Gasteiger partial charge in [-0.1, -0.05) is 20.8 Å². The van der Waals surface area contributed by atoms with Gasteiger partial charge in [-0.2, -0.15) is 0 Å². The maximum atomic E-state index is 12.0. The van der Waals surface area contributed by atoms with E-state index < -0.39 is 0 Å². The minimum Gasteiger partial charge on any atom is -0.342 e. The Labute approximate surface area is 91.0 Å². The number of carbonyl (C=O) groups excluding carboxylic acids is 2. The summed E-state index contributed by atoms with van der Waals surface area (Å²) in [5.41, 5.74) is 0. The van der Waals surface area contributed by atoms with Gasteiger partial charge in [0.2, 0.25) is 11.8 Å². The molecule has 0 bridgehead atoms. The Kier molecular flexibility index (Phi) is 3.72. The van der Waals surface area contributed by atoms with Crippen molar-refractivity contribution in [2.24, 2.45) is 5.92 Å². The maximum absolute atomic E-state index is 12.0. The quantitative estimate of drug-likeness (QED) is 0.751. The molecule has 0 saturated carbocycles. The van der Waals surface area contributed by atoms with Crippen LogP contribution in [0.1, 0.15) is 34.1 Å². The lowest BCUT2D eigenvalue weighted by Gasteiger charge is -2.39. The van der Waals surface area contributed by atoms with Crippen molar-refractivity contribution in [3.05, 3.63) is 0 Å². The first kappa shape index (κ1) is 12.0. The van der Waals surface area contributed by atoms with Crippen LogP contribution >= 0.6 is 0 Å². The van der Waals surface area contributed by atoms with Crippen LogP contribution in [-0.4, -0.2) is 35.3 Å². The summed E-state index contributed by atoms with van der Waals surface area (Å²) in [6, 6.07) is -0.627. The molecule has 4 heteroatoms. The molecule has 2 amide bonds. The van der Waals surface area contributed by atoms with Crippen LogP contribution in [0.25, 0.3) is 0 Å². The zero-order valence-electron chi connectivity index (χ0n) is 9.91. The minimum atomic E-state index is -0.347. The lowest BCUT2D eigenvalue weighted by Crippen LogP contribution is -2.64. The number of hydrogen-bond donors (Lipinski definition) is 1. The second-order valence-corrected chi connectivity index (χ2v) is 4.28. The van der Waals surface area contributed by atoms with Gasteiger partial charge in [0.1, 0.15) is 12.1 Å². The Morgan fingerprint density at radius 3 is 2.33 bits per heavy atom. The molecule has 0 aromatic carbocycles. The van der Waals surface area contributed by atoms with E-state index in [0.717, 1.165) is 0 Å². The van der Waals surface area contributed by atoms with E-state index in [-0.39, 0.29) is 29.8 Å². The predicted octanol–water partition coefficient (Wildman–Crippen LogP) is 0.768. The Morgan fingerprint density at radius 2 is 1.93 bits per heavy atom. The van der Waals surface area contributed by atoms with Gasteiger partial charge in [-0.3, -0.25) is 9.59 Å². The highest BCUT2D eigenvalue weighted by Gasteiger charge is 2.39. The average Bonchev–Trinajstić information content (AvgIpc) is 2.19. The van der Waals surface area contributed by atoms with Gasteiger partial charge in [0.15, 0.2) is 0 Å². The monoisotopic (exact) mass is 212 g/mol. The van der Waals surface area contributed by atoms with Crippen molar-refractivity contribution in [2.45, 2.75) is 46.2 Å². The molecular weight excluding hydrogens is 192 g/mol. The van der Waals surface area contributed by atoms with Gasteiger partial charge in [0.25, 0.3) is 0 Å². The molecule has 1 heterocycles. The smallest absolute Gasteiger partial charge is 0.246 e. The van der Waals surface area contributed by atoms with Crippen LogP contribution in [-0.2, 0) is 9.59 Å². The van der Waals surface area contributed by atoms with Gasteiger partial charge in [-0.25, -0.2) is 0 Å². The molecule has 0 aromatic rings. The molecule has 0 spiro atoms. The number of hydrogen-bond acceptors (Lipinski definition) is 2. The van der Waals surface area contributed by atoms with Gasteiger partial charge in [-0.15, -0.1) is 0 Å². The Bertz CT molecular complexity index is 263. The number of rotatable bonds is 3. The molecule has 1 fully saturated rings. The molecule has 1 saturated heterocycles. The molecule has 0 aliphatic carbocycles. The van der Waals surface area contributed by atoms with Crippen LogP contribution in [0, 0.1) is 5.92 Å². The highest BCUT2D eigenvalue weighted by Crippen LogP contribution is 2.16. The van der Waals surface area contributed by atoms with E-state index in [2.05, 4.69) is 5.32 Å². The van der Waals surface area contributed by atoms with E-state index in [4.69, 9.17) is 0 Å². The summed E-state index contributed by atoms with van der Waals surface area (Å²) in [7, 11) is 0. The van der Waals surface area contributed by atoms with Crippen molar-refractivity contribution in [3.63, 3.8) is 0 Å². The molecular formula is C11H20N2O2. The van der Waals surface area contributed by atoms with Gasteiger partial charge < -0.3 is 10.2 Å². The summed E-state index contributed by atoms with van der Waals surface area (Å²) >= 11 is 0. The van der Waals surface area contributed by atoms with Crippen molar-refractivity contribution >= 4 is 11.8 Å². The summed E-state index contributed by atoms with van der Waals surface area (Å²) < 4.78 is 0. The summed E-state index contributed by atoms with van der Waals surface area (Å²) in [5.74, 6) is 0.185. The van der Waals surface area contributed by atoms with Gasteiger partial charge in [0, 0.05) is 6.54 Å². The van der Waals surface area contributed by atoms with Gasteiger partial charge in [-0.05, 0) is 19.3 Å². The molecule has 15 heavy (non-hydrogen) atoms. The van der Waals surface area contributed by atoms with Crippen LogP contribution in [0.2, 0.25) is 0 Å². The molecule has 2 atom stereocenters. The first-order valence-electron chi connectivity index (χ1n) is 5.63. The lowest BCUT2D eigenvalue weighted by atomic mass is 9.97. The van der Waals surface area contributed by atoms with Crippen molar-refractivity contribution in [2.75, 3.05) is 6.54 Å². The second kappa shape index (κ2) is 4.64. The largest absolute Gasteiger partial charge is 0.342 e. The highest BCUT2D eigenvalue weighted by molar-refractivity contribution is 5.97. The van der Waals surface area contributed by atoms with Crippen molar-refractivity contribution in [3.8, 4) is 0 Å². The number of piperazine rings is 1. The minimum absolute atomic E-state index is 0.0161. The zero-order chi connectivity index (χ0) is 11.6. The van der Waals surface area contributed by atoms with E-state index in [9.17, 15) is 9.59 Å². The third kappa shape index (κ3) is 2.13. The highest BCUT2D eigenvalue weighted by atomic mass is 16.2. The van der Waals surface area contributed by atoms with Crippen LogP contribution in [0.4, 0.5) is 0 Å². The van der Waals surface area contributed by atoms with E-state index in [1.165, 1.54) is 0 Å². The van der Waals surface area contributed by atoms with Crippen molar-refractivity contribution in [1.82, 2.24) is 10.2 Å². The molecule has 1 aliphatic rings. The second-order valence-electron chi connectivity index (χ2n) is 4.28. The van der Waals surface area contributed by atoms with E-state index >= 15 is 0 Å². The number of nitrogens with one attached hydrogen (secondary N) is 1. The standard InChI is InChI=1S/C11H20N2O2/c1-5-8-10(14)12-9(7(3)4)11(15)13(8)6-2/h7-9H,5-6H2,1-4H3,(H,12,14). The van der Waals surface area contributed by atoms with E-state index in [0.29, 0.717) is 13.0 Å². The summed E-state index contributed by atoms with van der Waals surface area (Å²) in [5, 5.41) is 2.80. The van der Waals surface area contributed by atoms with Crippen LogP contribution in [0.3, 0.4) is 0 Å². The fourth-order valence-corrected chi connectivity index (χ4v) is 2.02. The van der Waals surface area contributed by atoms with Crippen LogP contribution in [0.15, 0.2) is 0 Å². The van der Waals surface area contributed by atoms with Crippen LogP contribution in [0.5, 0.6) is 0 Å². The Hall–Kier alpha value is -1.06. The lowest BCUT2D eigenvalue weighted by molar-refractivity contribution is -0.150. The van der Waals surface area contributed by atoms with Crippen LogP contribution < -0.4 is 5.32 Å². The Balaban J connectivity index is 2.89. The van der Waals surface area contributed by atoms with E-state index in [1.807, 2.05) is 27.7 Å². The Morgan fingerprint density at radius 1 is 1.33 bits per heavy atom. The molecule has 0 radical (unpaired) electrons. The molecule has 1 N–H and O–H groups in total.